The van der Waals surface area contributed by atoms with E-state index in [0.29, 0.717) is 23.6 Å². The normalized spacial score (nSPS) is 19.0. The van der Waals surface area contributed by atoms with Gasteiger partial charge in [-0.1, -0.05) is 13.8 Å². The van der Waals surface area contributed by atoms with Gasteiger partial charge >= 0.3 is 12.0 Å². The highest BCUT2D eigenvalue weighted by Crippen LogP contribution is 2.24. The predicted molar refractivity (Wildman–Crippen MR) is 104 cm³/mol. The molecule has 1 aromatic rings. The number of ether oxygens (including phenoxy) is 1. The lowest BCUT2D eigenvalue weighted by atomic mass is 9.92. The molecule has 8 nitrogen and oxygen atoms in total. The van der Waals surface area contributed by atoms with Crippen LogP contribution >= 0.6 is 0 Å². The molecule has 1 atom stereocenters. The topological polar surface area (TPSA) is 105 Å². The Morgan fingerprint density at radius 1 is 1.21 bits per heavy atom. The average molecular weight is 389 g/mol. The first-order valence-electron chi connectivity index (χ1n) is 9.37. The average Bonchev–Trinajstić information content (AvgIpc) is 2.84. The van der Waals surface area contributed by atoms with Gasteiger partial charge in [-0.05, 0) is 56.9 Å². The highest BCUT2D eigenvalue weighted by molar-refractivity contribution is 6.09. The van der Waals surface area contributed by atoms with Crippen molar-refractivity contribution in [3.63, 3.8) is 0 Å². The Balaban J connectivity index is 1.96. The van der Waals surface area contributed by atoms with Crippen LogP contribution in [0.15, 0.2) is 24.3 Å². The van der Waals surface area contributed by atoms with Crippen molar-refractivity contribution in [1.82, 2.24) is 10.2 Å². The van der Waals surface area contributed by atoms with E-state index < -0.39 is 29.4 Å². The van der Waals surface area contributed by atoms with Crippen LogP contribution in [0.25, 0.3) is 0 Å². The zero-order chi connectivity index (χ0) is 20.9. The van der Waals surface area contributed by atoms with Crippen molar-refractivity contribution in [2.24, 2.45) is 5.92 Å². The van der Waals surface area contributed by atoms with Crippen LogP contribution in [0.3, 0.4) is 0 Å². The molecule has 0 radical (unpaired) electrons. The Bertz CT molecular complexity index is 760. The fraction of sp³-hybridized carbons (Fsp3) is 0.500. The zero-order valence-corrected chi connectivity index (χ0v) is 16.7. The van der Waals surface area contributed by atoms with Gasteiger partial charge in [-0.2, -0.15) is 0 Å². The summed E-state index contributed by atoms with van der Waals surface area (Å²) in [7, 11) is 0. The summed E-state index contributed by atoms with van der Waals surface area (Å²) in [6, 6.07) is 5.62. The zero-order valence-electron chi connectivity index (χ0n) is 16.7. The molecule has 1 aliphatic heterocycles. The molecule has 0 aliphatic carbocycles. The van der Waals surface area contributed by atoms with Gasteiger partial charge in [-0.25, -0.2) is 9.59 Å². The number of carbonyl (C=O) groups excluding carboxylic acids is 4. The van der Waals surface area contributed by atoms with E-state index in [0.717, 1.165) is 11.3 Å². The molecule has 0 spiro atoms. The Morgan fingerprint density at radius 3 is 2.43 bits per heavy atom. The third kappa shape index (κ3) is 5.09. The molecule has 1 heterocycles. The summed E-state index contributed by atoms with van der Waals surface area (Å²) in [5.41, 5.74) is -0.161. The molecule has 2 rings (SSSR count). The summed E-state index contributed by atoms with van der Waals surface area (Å²) in [6.07, 6.45) is 1.30. The van der Waals surface area contributed by atoms with Crippen LogP contribution in [0.4, 0.5) is 10.5 Å². The van der Waals surface area contributed by atoms with Crippen molar-refractivity contribution in [2.45, 2.75) is 46.1 Å². The molecule has 0 unspecified atom stereocenters. The van der Waals surface area contributed by atoms with Crippen LogP contribution in [0.2, 0.25) is 0 Å². The number of carbonyl (C=O) groups is 4. The number of anilines is 1. The number of urea groups is 1. The number of amides is 4. The van der Waals surface area contributed by atoms with Gasteiger partial charge in [0.15, 0.2) is 0 Å². The first-order valence-corrected chi connectivity index (χ1v) is 9.37. The van der Waals surface area contributed by atoms with Gasteiger partial charge < -0.3 is 15.4 Å². The minimum absolute atomic E-state index is 0.277. The lowest BCUT2D eigenvalue weighted by Crippen LogP contribution is -2.44. The second-order valence-electron chi connectivity index (χ2n) is 7.43. The standard InChI is InChI=1S/C20H27N3O5/c1-5-28-17(25)14-6-8-15(9-7-14)21-16(24)12-23-18(26)20(4,22-19(23)27)11-10-13(2)3/h6-9,13H,5,10-12H2,1-4H3,(H,21,24)(H,22,27)/t20-/m0/s1. The Morgan fingerprint density at radius 2 is 1.86 bits per heavy atom. The highest BCUT2D eigenvalue weighted by Gasteiger charge is 2.47. The minimum Gasteiger partial charge on any atom is -0.462 e. The van der Waals surface area contributed by atoms with Crippen molar-refractivity contribution in [2.75, 3.05) is 18.5 Å². The van der Waals surface area contributed by atoms with Gasteiger partial charge in [0, 0.05) is 5.69 Å². The number of hydrogen-bond acceptors (Lipinski definition) is 5. The fourth-order valence-electron chi connectivity index (χ4n) is 2.89. The van der Waals surface area contributed by atoms with Crippen molar-refractivity contribution in [3.05, 3.63) is 29.8 Å². The van der Waals surface area contributed by atoms with Crippen LogP contribution in [0.5, 0.6) is 0 Å². The van der Waals surface area contributed by atoms with Gasteiger partial charge in [-0.3, -0.25) is 14.5 Å². The first-order chi connectivity index (χ1) is 13.2. The van der Waals surface area contributed by atoms with Crippen LogP contribution in [-0.2, 0) is 14.3 Å². The monoisotopic (exact) mass is 389 g/mol. The molecule has 0 bridgehead atoms. The summed E-state index contributed by atoms with van der Waals surface area (Å²) in [5, 5.41) is 5.31. The smallest absolute Gasteiger partial charge is 0.338 e. The van der Waals surface area contributed by atoms with Crippen LogP contribution in [0, 0.1) is 5.92 Å². The summed E-state index contributed by atoms with van der Waals surface area (Å²) in [4.78, 5) is 49.7. The number of nitrogens with zero attached hydrogens (tertiary/aromatic N) is 1. The molecule has 152 valence electrons. The van der Waals surface area contributed by atoms with Crippen molar-refractivity contribution in [3.8, 4) is 0 Å². The molecule has 1 saturated heterocycles. The largest absolute Gasteiger partial charge is 0.462 e. The predicted octanol–water partition coefficient (Wildman–Crippen LogP) is 2.55. The summed E-state index contributed by atoms with van der Waals surface area (Å²) in [6.45, 7) is 7.39. The molecule has 1 aliphatic rings. The number of rotatable bonds is 8. The number of esters is 1. The van der Waals surface area contributed by atoms with Gasteiger partial charge in [0.25, 0.3) is 5.91 Å². The molecule has 1 aromatic carbocycles. The van der Waals surface area contributed by atoms with Gasteiger partial charge in [0.05, 0.1) is 12.2 Å². The molecule has 1 fully saturated rings. The van der Waals surface area contributed by atoms with E-state index >= 15 is 0 Å². The van der Waals surface area contributed by atoms with Crippen molar-refractivity contribution in [1.29, 1.82) is 0 Å². The summed E-state index contributed by atoms with van der Waals surface area (Å²) < 4.78 is 4.90. The molecule has 0 aromatic heterocycles. The lowest BCUT2D eigenvalue weighted by Gasteiger charge is -2.22. The van der Waals surface area contributed by atoms with E-state index in [1.54, 1.807) is 26.0 Å². The Labute approximate surface area is 164 Å². The Hall–Kier alpha value is -2.90. The summed E-state index contributed by atoms with van der Waals surface area (Å²) in [5.74, 6) is -0.941. The lowest BCUT2D eigenvalue weighted by molar-refractivity contribution is -0.133. The maximum atomic E-state index is 12.6. The SMILES string of the molecule is CCOC(=O)c1ccc(NC(=O)CN2C(=O)N[C@@](C)(CCC(C)C)C2=O)cc1. The van der Waals surface area contributed by atoms with E-state index in [2.05, 4.69) is 10.6 Å². The van der Waals surface area contributed by atoms with Crippen molar-refractivity contribution >= 4 is 29.5 Å². The second-order valence-corrected chi connectivity index (χ2v) is 7.43. The maximum absolute atomic E-state index is 12.6. The molecule has 2 N–H and O–H groups in total. The van der Waals surface area contributed by atoms with Crippen molar-refractivity contribution < 1.29 is 23.9 Å². The van der Waals surface area contributed by atoms with Crippen LogP contribution < -0.4 is 10.6 Å². The van der Waals surface area contributed by atoms with E-state index in [-0.39, 0.29) is 13.2 Å². The van der Waals surface area contributed by atoms with E-state index in [1.165, 1.54) is 12.1 Å². The summed E-state index contributed by atoms with van der Waals surface area (Å²) >= 11 is 0. The third-order valence-corrected chi connectivity index (χ3v) is 4.55. The first kappa shape index (κ1) is 21.4. The number of imide groups is 1. The minimum atomic E-state index is -0.983. The number of hydrogen-bond donors (Lipinski definition) is 2. The quantitative estimate of drug-likeness (QED) is 0.525. The number of nitrogens with one attached hydrogen (secondary N) is 2. The molecule has 28 heavy (non-hydrogen) atoms. The van der Waals surface area contributed by atoms with E-state index in [4.69, 9.17) is 4.74 Å². The van der Waals surface area contributed by atoms with E-state index in [9.17, 15) is 19.2 Å². The number of benzene rings is 1. The van der Waals surface area contributed by atoms with Crippen LogP contribution in [0.1, 0.15) is 50.9 Å². The molecule has 8 heteroatoms. The van der Waals surface area contributed by atoms with Gasteiger partial charge in [0.1, 0.15) is 12.1 Å². The third-order valence-electron chi connectivity index (χ3n) is 4.55. The Kier molecular flexibility index (Phi) is 6.77. The molecule has 4 amide bonds. The second kappa shape index (κ2) is 8.86. The van der Waals surface area contributed by atoms with Gasteiger partial charge in [-0.15, -0.1) is 0 Å². The maximum Gasteiger partial charge on any atom is 0.338 e. The fourth-order valence-corrected chi connectivity index (χ4v) is 2.89. The molecular weight excluding hydrogens is 362 g/mol. The molecule has 0 saturated carbocycles. The van der Waals surface area contributed by atoms with E-state index in [1.807, 2.05) is 13.8 Å². The highest BCUT2D eigenvalue weighted by atomic mass is 16.5. The van der Waals surface area contributed by atoms with Crippen LogP contribution in [-0.4, -0.2) is 47.4 Å². The van der Waals surface area contributed by atoms with Gasteiger partial charge in [0.2, 0.25) is 5.91 Å². The molecular formula is C20H27N3O5.